The number of benzene rings is 2. The number of amides is 1. The van der Waals surface area contributed by atoms with Crippen LogP contribution in [0.4, 0.5) is 0 Å². The minimum absolute atomic E-state index is 0.288. The van der Waals surface area contributed by atoms with Crippen LogP contribution < -0.4 is 5.43 Å². The van der Waals surface area contributed by atoms with E-state index in [2.05, 4.69) is 26.5 Å². The number of nitrogens with one attached hydrogen (secondary N) is 1. The molecule has 0 spiro atoms. The van der Waals surface area contributed by atoms with E-state index in [0.717, 1.165) is 5.56 Å². The highest BCUT2D eigenvalue weighted by Gasteiger charge is 2.11. The molecule has 114 valence electrons. The lowest BCUT2D eigenvalue weighted by Gasteiger charge is -2.08. The smallest absolute Gasteiger partial charge is 0.267 e. The van der Waals surface area contributed by atoms with Gasteiger partial charge in [-0.3, -0.25) is 4.79 Å². The summed E-state index contributed by atoms with van der Waals surface area (Å²) in [5, 5.41) is 5.25. The lowest BCUT2D eigenvalue weighted by atomic mass is 10.1. The van der Waals surface area contributed by atoms with Crippen LogP contribution >= 0.6 is 39.1 Å². The number of carbonyl (C=O) groups is 1. The van der Waals surface area contributed by atoms with Crippen molar-refractivity contribution in [2.75, 3.05) is 0 Å². The SMILES string of the molecule is CC/C(=N\NC(=O)c1ccccc1Br)c1ccc(Cl)cc1Cl. The number of halogens is 3. The number of hydrogen-bond donors (Lipinski definition) is 1. The first kappa shape index (κ1) is 17.0. The van der Waals surface area contributed by atoms with Crippen molar-refractivity contribution in [3.8, 4) is 0 Å². The van der Waals surface area contributed by atoms with Gasteiger partial charge in [0, 0.05) is 15.1 Å². The zero-order valence-corrected chi connectivity index (χ0v) is 14.8. The molecule has 1 N–H and O–H groups in total. The summed E-state index contributed by atoms with van der Waals surface area (Å²) < 4.78 is 0.713. The molecule has 0 aliphatic rings. The summed E-state index contributed by atoms with van der Waals surface area (Å²) in [7, 11) is 0. The molecule has 0 fully saturated rings. The number of nitrogens with zero attached hydrogens (tertiary/aromatic N) is 1. The van der Waals surface area contributed by atoms with Crippen molar-refractivity contribution in [1.82, 2.24) is 5.43 Å². The molecular formula is C16H13BrCl2N2O. The summed E-state index contributed by atoms with van der Waals surface area (Å²) in [6.45, 7) is 1.94. The molecule has 3 nitrogen and oxygen atoms in total. The van der Waals surface area contributed by atoms with Gasteiger partial charge >= 0.3 is 0 Å². The fourth-order valence-electron chi connectivity index (χ4n) is 1.88. The maximum Gasteiger partial charge on any atom is 0.272 e. The van der Waals surface area contributed by atoms with Crippen LogP contribution in [0.15, 0.2) is 52.0 Å². The Labute approximate surface area is 147 Å². The lowest BCUT2D eigenvalue weighted by molar-refractivity contribution is 0.0954. The highest BCUT2D eigenvalue weighted by atomic mass is 79.9. The van der Waals surface area contributed by atoms with Crippen LogP contribution in [0, 0.1) is 0 Å². The van der Waals surface area contributed by atoms with Crippen LogP contribution in [-0.2, 0) is 0 Å². The Bertz CT molecular complexity index is 732. The maximum absolute atomic E-state index is 12.2. The quantitative estimate of drug-likeness (QED) is 0.550. The Kier molecular flexibility index (Phi) is 6.00. The molecule has 0 radical (unpaired) electrons. The molecule has 0 heterocycles. The first-order valence-corrected chi connectivity index (χ1v) is 8.14. The lowest BCUT2D eigenvalue weighted by Crippen LogP contribution is -2.20. The van der Waals surface area contributed by atoms with Crippen molar-refractivity contribution in [2.24, 2.45) is 5.10 Å². The highest BCUT2D eigenvalue weighted by Crippen LogP contribution is 2.22. The molecule has 0 bridgehead atoms. The molecule has 22 heavy (non-hydrogen) atoms. The van der Waals surface area contributed by atoms with Crippen molar-refractivity contribution >= 4 is 50.8 Å². The van der Waals surface area contributed by atoms with Crippen molar-refractivity contribution in [1.29, 1.82) is 0 Å². The second-order valence-corrected chi connectivity index (χ2v) is 6.15. The number of hydrazone groups is 1. The van der Waals surface area contributed by atoms with Gasteiger partial charge in [0.15, 0.2) is 0 Å². The molecule has 2 aromatic rings. The molecule has 2 rings (SSSR count). The first-order valence-electron chi connectivity index (χ1n) is 6.59. The highest BCUT2D eigenvalue weighted by molar-refractivity contribution is 9.10. The molecular weight excluding hydrogens is 387 g/mol. The van der Waals surface area contributed by atoms with Gasteiger partial charge in [-0.1, -0.05) is 48.3 Å². The van der Waals surface area contributed by atoms with Crippen LogP contribution in [-0.4, -0.2) is 11.6 Å². The van der Waals surface area contributed by atoms with Gasteiger partial charge in [-0.2, -0.15) is 5.10 Å². The Hall–Kier alpha value is -1.36. The predicted molar refractivity (Wildman–Crippen MR) is 94.9 cm³/mol. The molecule has 6 heteroatoms. The standard InChI is InChI=1S/C16H13BrCl2N2O/c1-2-15(12-8-7-10(18)9-14(12)19)20-21-16(22)11-5-3-4-6-13(11)17/h3-9H,2H2,1H3,(H,21,22)/b20-15+. The molecule has 0 aliphatic heterocycles. The average molecular weight is 400 g/mol. The maximum atomic E-state index is 12.2. The van der Waals surface area contributed by atoms with Gasteiger partial charge in [0.2, 0.25) is 0 Å². The van der Waals surface area contributed by atoms with Gasteiger partial charge < -0.3 is 0 Å². The first-order chi connectivity index (χ1) is 10.5. The van der Waals surface area contributed by atoms with Gasteiger partial charge in [-0.05, 0) is 46.6 Å². The van der Waals surface area contributed by atoms with E-state index in [4.69, 9.17) is 23.2 Å². The second kappa shape index (κ2) is 7.77. The number of carbonyl (C=O) groups excluding carboxylic acids is 1. The number of rotatable bonds is 4. The Morgan fingerprint density at radius 3 is 2.55 bits per heavy atom. The minimum atomic E-state index is -0.288. The van der Waals surface area contributed by atoms with Gasteiger partial charge in [-0.15, -0.1) is 0 Å². The third-order valence-electron chi connectivity index (χ3n) is 2.99. The van der Waals surface area contributed by atoms with E-state index in [1.54, 1.807) is 36.4 Å². The molecule has 0 atom stereocenters. The van der Waals surface area contributed by atoms with Crippen LogP contribution in [0.5, 0.6) is 0 Å². The third kappa shape index (κ3) is 4.09. The van der Waals surface area contributed by atoms with E-state index in [1.165, 1.54) is 0 Å². The number of hydrogen-bond acceptors (Lipinski definition) is 2. The molecule has 0 aromatic heterocycles. The monoisotopic (exact) mass is 398 g/mol. The van der Waals surface area contributed by atoms with Crippen molar-refractivity contribution in [2.45, 2.75) is 13.3 Å². The fraction of sp³-hybridized carbons (Fsp3) is 0.125. The van der Waals surface area contributed by atoms with Crippen molar-refractivity contribution in [3.05, 3.63) is 68.1 Å². The van der Waals surface area contributed by atoms with Gasteiger partial charge in [0.05, 0.1) is 16.3 Å². The second-order valence-electron chi connectivity index (χ2n) is 4.46. The molecule has 2 aromatic carbocycles. The summed E-state index contributed by atoms with van der Waals surface area (Å²) >= 11 is 15.4. The van der Waals surface area contributed by atoms with Crippen LogP contribution in [0.1, 0.15) is 29.3 Å². The van der Waals surface area contributed by atoms with E-state index in [-0.39, 0.29) is 5.91 Å². The normalized spacial score (nSPS) is 11.4. The summed E-state index contributed by atoms with van der Waals surface area (Å²) in [6.07, 6.45) is 0.623. The van der Waals surface area contributed by atoms with Crippen LogP contribution in [0.25, 0.3) is 0 Å². The van der Waals surface area contributed by atoms with E-state index in [9.17, 15) is 4.79 Å². The third-order valence-corrected chi connectivity index (χ3v) is 4.23. The molecule has 0 saturated carbocycles. The summed E-state index contributed by atoms with van der Waals surface area (Å²) in [5.74, 6) is -0.288. The van der Waals surface area contributed by atoms with Gasteiger partial charge in [0.1, 0.15) is 0 Å². The van der Waals surface area contributed by atoms with Crippen molar-refractivity contribution < 1.29 is 4.79 Å². The average Bonchev–Trinajstić information content (AvgIpc) is 2.49. The van der Waals surface area contributed by atoms with E-state index < -0.39 is 0 Å². The van der Waals surface area contributed by atoms with Gasteiger partial charge in [0.25, 0.3) is 5.91 Å². The van der Waals surface area contributed by atoms with Crippen LogP contribution in [0.3, 0.4) is 0 Å². The Morgan fingerprint density at radius 1 is 1.18 bits per heavy atom. The summed E-state index contributed by atoms with van der Waals surface area (Å²) in [6, 6.07) is 12.3. The van der Waals surface area contributed by atoms with Crippen molar-refractivity contribution in [3.63, 3.8) is 0 Å². The van der Waals surface area contributed by atoms with Crippen LogP contribution in [0.2, 0.25) is 10.0 Å². The molecule has 0 saturated heterocycles. The summed E-state index contributed by atoms with van der Waals surface area (Å²) in [5.41, 5.74) is 4.51. The largest absolute Gasteiger partial charge is 0.272 e. The Morgan fingerprint density at radius 2 is 1.91 bits per heavy atom. The molecule has 0 unspecified atom stereocenters. The minimum Gasteiger partial charge on any atom is -0.267 e. The topological polar surface area (TPSA) is 41.5 Å². The zero-order chi connectivity index (χ0) is 16.1. The zero-order valence-electron chi connectivity index (χ0n) is 11.7. The van der Waals surface area contributed by atoms with E-state index >= 15 is 0 Å². The molecule has 1 amide bonds. The fourth-order valence-corrected chi connectivity index (χ4v) is 2.86. The Balaban J connectivity index is 2.23. The van der Waals surface area contributed by atoms with Gasteiger partial charge in [-0.25, -0.2) is 5.43 Å². The predicted octanol–water partition coefficient (Wildman–Crippen LogP) is 5.30. The van der Waals surface area contributed by atoms with E-state index in [0.29, 0.717) is 32.2 Å². The summed E-state index contributed by atoms with van der Waals surface area (Å²) in [4.78, 5) is 12.2. The molecule has 0 aliphatic carbocycles. The van der Waals surface area contributed by atoms with E-state index in [1.807, 2.05) is 13.0 Å².